The molecule has 0 radical (unpaired) electrons. The second-order valence-corrected chi connectivity index (χ2v) is 9.42. The van der Waals surface area contributed by atoms with Crippen molar-refractivity contribution in [3.63, 3.8) is 0 Å². The molecule has 2 heterocycles. The number of rotatable bonds is 8. The molecule has 2 aliphatic heterocycles. The summed E-state index contributed by atoms with van der Waals surface area (Å²) in [5.74, 6) is -0.498. The zero-order valence-electron chi connectivity index (χ0n) is 19.3. The Hall–Kier alpha value is -2.45. The van der Waals surface area contributed by atoms with E-state index in [0.717, 1.165) is 12.8 Å². The van der Waals surface area contributed by atoms with Gasteiger partial charge in [0.25, 0.3) is 0 Å². The first-order chi connectivity index (χ1) is 15.2. The molecule has 8 nitrogen and oxygen atoms in total. The number of hydrogen-bond acceptors (Lipinski definition) is 5. The number of ether oxygens (including phenoxy) is 2. The second kappa shape index (κ2) is 10.9. The lowest BCUT2D eigenvalue weighted by atomic mass is 9.80. The highest BCUT2D eigenvalue weighted by atomic mass is 16.5. The van der Waals surface area contributed by atoms with Crippen molar-refractivity contribution in [2.75, 3.05) is 32.9 Å². The maximum Gasteiger partial charge on any atom is 0.318 e. The molecule has 1 aromatic rings. The summed E-state index contributed by atoms with van der Waals surface area (Å²) in [4.78, 5) is 39.8. The van der Waals surface area contributed by atoms with E-state index in [1.165, 1.54) is 5.56 Å². The SMILES string of the molecule is C[C@@H]1OCC(=O)[C@H]1NC(=O)C(CC(C)(C)CCc1ccccc1)NC(=O)N1CCOCC1. The minimum absolute atomic E-state index is 0.000510. The molecule has 1 unspecified atom stereocenters. The highest BCUT2D eigenvalue weighted by Crippen LogP contribution is 2.29. The van der Waals surface area contributed by atoms with Crippen molar-refractivity contribution < 1.29 is 23.9 Å². The summed E-state index contributed by atoms with van der Waals surface area (Å²) >= 11 is 0. The van der Waals surface area contributed by atoms with Gasteiger partial charge < -0.3 is 25.0 Å². The Labute approximate surface area is 190 Å². The number of Topliss-reactive ketones (excluding diaryl/α,β-unsaturated/α-hetero) is 1. The second-order valence-electron chi connectivity index (χ2n) is 9.42. The maximum absolute atomic E-state index is 13.2. The van der Waals surface area contributed by atoms with Crippen LogP contribution in [0.1, 0.15) is 39.2 Å². The predicted molar refractivity (Wildman–Crippen MR) is 120 cm³/mol. The standard InChI is InChI=1S/C24H35N3O5/c1-17-21(20(28)16-32-17)26-22(29)19(25-23(30)27-11-13-31-14-12-27)15-24(2,3)10-9-18-7-5-4-6-8-18/h4-8,17,19,21H,9-16H2,1-3H3,(H,25,30)(H,26,29)/t17-,19?,21-/m0/s1. The first-order valence-electron chi connectivity index (χ1n) is 11.4. The Balaban J connectivity index is 1.67. The number of urea groups is 1. The molecule has 8 heteroatoms. The molecule has 2 N–H and O–H groups in total. The normalized spacial score (nSPS) is 22.5. The number of nitrogens with one attached hydrogen (secondary N) is 2. The molecule has 0 saturated carbocycles. The molecule has 0 bridgehead atoms. The fourth-order valence-electron chi connectivity index (χ4n) is 4.11. The van der Waals surface area contributed by atoms with Crippen LogP contribution in [0, 0.1) is 5.41 Å². The Kier molecular flexibility index (Phi) is 8.26. The van der Waals surface area contributed by atoms with E-state index in [2.05, 4.69) is 36.6 Å². The average Bonchev–Trinajstić information content (AvgIpc) is 3.10. The average molecular weight is 446 g/mol. The van der Waals surface area contributed by atoms with Crippen LogP contribution in [0.15, 0.2) is 30.3 Å². The quantitative estimate of drug-likeness (QED) is 0.637. The Morgan fingerprint density at radius 1 is 1.19 bits per heavy atom. The maximum atomic E-state index is 13.2. The van der Waals surface area contributed by atoms with Crippen molar-refractivity contribution in [3.05, 3.63) is 35.9 Å². The third kappa shape index (κ3) is 6.77. The first-order valence-corrected chi connectivity index (χ1v) is 11.4. The van der Waals surface area contributed by atoms with Crippen LogP contribution >= 0.6 is 0 Å². The summed E-state index contributed by atoms with van der Waals surface area (Å²) < 4.78 is 10.7. The topological polar surface area (TPSA) is 97.0 Å². The lowest BCUT2D eigenvalue weighted by Gasteiger charge is -2.33. The third-order valence-electron chi connectivity index (χ3n) is 6.21. The van der Waals surface area contributed by atoms with Gasteiger partial charge in [-0.3, -0.25) is 9.59 Å². The molecule has 2 saturated heterocycles. The third-order valence-corrected chi connectivity index (χ3v) is 6.21. The zero-order valence-corrected chi connectivity index (χ0v) is 19.3. The van der Waals surface area contributed by atoms with Crippen LogP contribution in [-0.2, 0) is 25.5 Å². The molecule has 0 aromatic heterocycles. The minimum Gasteiger partial charge on any atom is -0.378 e. The summed E-state index contributed by atoms with van der Waals surface area (Å²) in [7, 11) is 0. The van der Waals surface area contributed by atoms with Gasteiger partial charge in [0.15, 0.2) is 5.78 Å². The van der Waals surface area contributed by atoms with Crippen molar-refractivity contribution in [1.82, 2.24) is 15.5 Å². The van der Waals surface area contributed by atoms with Crippen LogP contribution in [0.25, 0.3) is 0 Å². The summed E-state index contributed by atoms with van der Waals surface area (Å²) in [5.41, 5.74) is 1.03. The lowest BCUT2D eigenvalue weighted by Crippen LogP contribution is -2.57. The van der Waals surface area contributed by atoms with Gasteiger partial charge in [0.05, 0.1) is 19.3 Å². The van der Waals surface area contributed by atoms with Crippen molar-refractivity contribution >= 4 is 17.7 Å². The van der Waals surface area contributed by atoms with Crippen LogP contribution < -0.4 is 10.6 Å². The van der Waals surface area contributed by atoms with E-state index in [4.69, 9.17) is 9.47 Å². The molecule has 0 spiro atoms. The van der Waals surface area contributed by atoms with Crippen LogP contribution in [0.3, 0.4) is 0 Å². The zero-order chi connectivity index (χ0) is 23.1. The number of aryl methyl sites for hydroxylation is 1. The number of benzene rings is 1. The number of carbonyl (C=O) groups excluding carboxylic acids is 3. The monoisotopic (exact) mass is 445 g/mol. The highest BCUT2D eigenvalue weighted by molar-refractivity contribution is 5.94. The molecule has 3 rings (SSSR count). The molecule has 32 heavy (non-hydrogen) atoms. The number of carbonyl (C=O) groups is 3. The van der Waals surface area contributed by atoms with Gasteiger partial charge in [-0.1, -0.05) is 44.2 Å². The molecule has 2 fully saturated rings. The molecular weight excluding hydrogens is 410 g/mol. The Morgan fingerprint density at radius 2 is 1.88 bits per heavy atom. The predicted octanol–water partition coefficient (Wildman–Crippen LogP) is 1.92. The number of amides is 3. The lowest BCUT2D eigenvalue weighted by molar-refractivity contribution is -0.128. The van der Waals surface area contributed by atoms with E-state index in [0.29, 0.717) is 32.7 Å². The number of nitrogens with zero attached hydrogens (tertiary/aromatic N) is 1. The van der Waals surface area contributed by atoms with Gasteiger partial charge in [-0.05, 0) is 37.2 Å². The Bertz CT molecular complexity index is 792. The van der Waals surface area contributed by atoms with E-state index in [1.54, 1.807) is 11.8 Å². The number of hydrogen-bond donors (Lipinski definition) is 2. The van der Waals surface area contributed by atoms with Crippen molar-refractivity contribution in [3.8, 4) is 0 Å². The van der Waals surface area contributed by atoms with E-state index < -0.39 is 12.1 Å². The van der Waals surface area contributed by atoms with Gasteiger partial charge in [0.2, 0.25) is 5.91 Å². The van der Waals surface area contributed by atoms with E-state index in [9.17, 15) is 14.4 Å². The molecule has 1 aromatic carbocycles. The summed E-state index contributed by atoms with van der Waals surface area (Å²) in [6.45, 7) is 7.91. The van der Waals surface area contributed by atoms with Crippen LogP contribution in [-0.4, -0.2) is 73.7 Å². The summed E-state index contributed by atoms with van der Waals surface area (Å²) in [6.07, 6.45) is 1.81. The van der Waals surface area contributed by atoms with E-state index >= 15 is 0 Å². The molecule has 2 aliphatic rings. The van der Waals surface area contributed by atoms with E-state index in [1.807, 2.05) is 18.2 Å². The number of morpholine rings is 1. The molecular formula is C24H35N3O5. The summed E-state index contributed by atoms with van der Waals surface area (Å²) in [5, 5.41) is 5.72. The molecule has 3 atom stereocenters. The number of ketones is 1. The van der Waals surface area contributed by atoms with Gasteiger partial charge in [0, 0.05) is 13.1 Å². The largest absolute Gasteiger partial charge is 0.378 e. The first kappa shape index (κ1) is 24.2. The van der Waals surface area contributed by atoms with Gasteiger partial charge in [-0.25, -0.2) is 4.79 Å². The van der Waals surface area contributed by atoms with Crippen molar-refractivity contribution in [2.45, 2.75) is 58.2 Å². The highest BCUT2D eigenvalue weighted by Gasteiger charge is 2.37. The van der Waals surface area contributed by atoms with Crippen LogP contribution in [0.2, 0.25) is 0 Å². The van der Waals surface area contributed by atoms with Crippen LogP contribution in [0.4, 0.5) is 4.79 Å². The molecule has 3 amide bonds. The van der Waals surface area contributed by atoms with Gasteiger partial charge in [-0.15, -0.1) is 0 Å². The molecule has 176 valence electrons. The van der Waals surface area contributed by atoms with Gasteiger partial charge in [-0.2, -0.15) is 0 Å². The van der Waals surface area contributed by atoms with Crippen LogP contribution in [0.5, 0.6) is 0 Å². The van der Waals surface area contributed by atoms with Crippen molar-refractivity contribution in [2.24, 2.45) is 5.41 Å². The fourth-order valence-corrected chi connectivity index (χ4v) is 4.11. The summed E-state index contributed by atoms with van der Waals surface area (Å²) in [6, 6.07) is 8.49. The Morgan fingerprint density at radius 3 is 2.50 bits per heavy atom. The van der Waals surface area contributed by atoms with Crippen molar-refractivity contribution in [1.29, 1.82) is 0 Å². The minimum atomic E-state index is -0.753. The van der Waals surface area contributed by atoms with Gasteiger partial charge in [0.1, 0.15) is 18.7 Å². The smallest absolute Gasteiger partial charge is 0.318 e. The fraction of sp³-hybridized carbons (Fsp3) is 0.625. The molecule has 0 aliphatic carbocycles. The van der Waals surface area contributed by atoms with Gasteiger partial charge >= 0.3 is 6.03 Å². The van der Waals surface area contributed by atoms with E-state index in [-0.39, 0.29) is 35.8 Å².